The summed E-state index contributed by atoms with van der Waals surface area (Å²) in [7, 11) is 0. The molecule has 7 heteroatoms. The van der Waals surface area contributed by atoms with Crippen LogP contribution in [-0.4, -0.2) is 21.2 Å². The Balaban J connectivity index is 2.78. The molecule has 16 heavy (non-hydrogen) atoms. The predicted octanol–water partition coefficient (Wildman–Crippen LogP) is 0.635. The highest BCUT2D eigenvalue weighted by Gasteiger charge is 2.08. The van der Waals surface area contributed by atoms with Crippen LogP contribution in [-0.2, 0) is 0 Å². The lowest BCUT2D eigenvalue weighted by Crippen LogP contribution is -2.08. The molecule has 1 rings (SSSR count). The van der Waals surface area contributed by atoms with Crippen molar-refractivity contribution in [3.8, 4) is 0 Å². The van der Waals surface area contributed by atoms with Crippen molar-refractivity contribution < 1.29 is 9.50 Å². The fourth-order valence-corrected chi connectivity index (χ4v) is 0.953. The Hall–Kier alpha value is -1.89. The van der Waals surface area contributed by atoms with Crippen LogP contribution in [0.3, 0.4) is 0 Å². The van der Waals surface area contributed by atoms with Crippen LogP contribution in [0.4, 0.5) is 21.7 Å². The molecule has 6 N–H and O–H groups in total. The fraction of sp³-hybridized carbons (Fsp3) is 0.333. The van der Waals surface area contributed by atoms with Crippen LogP contribution in [0.5, 0.6) is 0 Å². The summed E-state index contributed by atoms with van der Waals surface area (Å²) in [6.07, 6.45) is 1.35. The molecular weight excluding hydrogens is 213 g/mol. The van der Waals surface area contributed by atoms with Gasteiger partial charge in [0.15, 0.2) is 11.6 Å². The number of aliphatic hydroxyl groups is 1. The van der Waals surface area contributed by atoms with Crippen LogP contribution in [0.1, 0.15) is 13.3 Å². The topological polar surface area (TPSA) is 110 Å². The summed E-state index contributed by atoms with van der Waals surface area (Å²) in [5, 5.41) is 11.7. The number of hydrogen-bond donors (Lipinski definition) is 4. The molecular formula is C9H14FN5O. The summed E-state index contributed by atoms with van der Waals surface area (Å²) in [4.78, 5) is 7.43. The van der Waals surface area contributed by atoms with Gasteiger partial charge in [-0.1, -0.05) is 6.92 Å². The predicted molar refractivity (Wildman–Crippen MR) is 60.0 cm³/mol. The Morgan fingerprint density at radius 3 is 2.94 bits per heavy atom. The number of nitrogen functional groups attached to an aromatic ring is 2. The number of halogens is 1. The van der Waals surface area contributed by atoms with Crippen LogP contribution in [0, 0.1) is 0 Å². The van der Waals surface area contributed by atoms with Crippen molar-refractivity contribution in [2.45, 2.75) is 19.4 Å². The molecule has 1 aromatic heterocycles. The maximum absolute atomic E-state index is 13.1. The number of aromatic nitrogens is 2. The molecule has 0 amide bonds. The third-order valence-corrected chi connectivity index (χ3v) is 1.97. The summed E-state index contributed by atoms with van der Waals surface area (Å²) >= 11 is 0. The molecule has 0 aromatic carbocycles. The van der Waals surface area contributed by atoms with Gasteiger partial charge in [-0.25, -0.2) is 14.4 Å². The minimum Gasteiger partial charge on any atom is -0.393 e. The normalized spacial score (nSPS) is 13.6. The van der Waals surface area contributed by atoms with Gasteiger partial charge in [-0.2, -0.15) is 0 Å². The Kier molecular flexibility index (Phi) is 4.01. The molecule has 0 fully saturated rings. The second kappa shape index (κ2) is 5.26. The first-order chi connectivity index (χ1) is 7.56. The first-order valence-corrected chi connectivity index (χ1v) is 4.72. The van der Waals surface area contributed by atoms with E-state index in [0.717, 1.165) is 6.20 Å². The molecule has 1 unspecified atom stereocenters. The summed E-state index contributed by atoms with van der Waals surface area (Å²) in [6, 6.07) is 0. The largest absolute Gasteiger partial charge is 0.393 e. The van der Waals surface area contributed by atoms with Gasteiger partial charge in [0.25, 0.3) is 0 Å². The molecule has 0 aliphatic carbocycles. The average Bonchev–Trinajstić information content (AvgIpc) is 2.29. The van der Waals surface area contributed by atoms with Gasteiger partial charge in [-0.05, 0) is 6.42 Å². The summed E-state index contributed by atoms with van der Waals surface area (Å²) < 4.78 is 13.1. The lowest BCUT2D eigenvalue weighted by atomic mass is 10.2. The van der Waals surface area contributed by atoms with Gasteiger partial charge in [0, 0.05) is 6.20 Å². The van der Waals surface area contributed by atoms with E-state index in [1.54, 1.807) is 6.92 Å². The van der Waals surface area contributed by atoms with E-state index in [4.69, 9.17) is 16.6 Å². The fourth-order valence-electron chi connectivity index (χ4n) is 0.953. The van der Waals surface area contributed by atoms with E-state index in [2.05, 4.69) is 15.3 Å². The number of aliphatic hydroxyl groups excluding tert-OH is 1. The third kappa shape index (κ3) is 2.80. The first-order valence-electron chi connectivity index (χ1n) is 4.72. The van der Waals surface area contributed by atoms with E-state index < -0.39 is 11.9 Å². The molecule has 0 spiro atoms. The van der Waals surface area contributed by atoms with Crippen LogP contribution in [0.25, 0.3) is 0 Å². The highest BCUT2D eigenvalue weighted by molar-refractivity contribution is 5.72. The maximum atomic E-state index is 13.1. The molecule has 0 saturated carbocycles. The van der Waals surface area contributed by atoms with E-state index in [-0.39, 0.29) is 23.7 Å². The molecule has 1 aromatic rings. The summed E-state index contributed by atoms with van der Waals surface area (Å²) in [6.45, 7) is 1.66. The van der Waals surface area contributed by atoms with Crippen LogP contribution in [0.2, 0.25) is 0 Å². The van der Waals surface area contributed by atoms with E-state index in [1.807, 2.05) is 0 Å². The van der Waals surface area contributed by atoms with Crippen molar-refractivity contribution in [3.63, 3.8) is 0 Å². The van der Waals surface area contributed by atoms with E-state index in [9.17, 15) is 4.39 Å². The number of nitrogens with two attached hydrogens (primary N) is 2. The summed E-state index contributed by atoms with van der Waals surface area (Å²) in [5.74, 6) is -0.382. The van der Waals surface area contributed by atoms with Gasteiger partial charge >= 0.3 is 0 Å². The van der Waals surface area contributed by atoms with Crippen molar-refractivity contribution in [2.24, 2.45) is 0 Å². The zero-order valence-corrected chi connectivity index (χ0v) is 8.81. The zero-order valence-electron chi connectivity index (χ0n) is 8.81. The lowest BCUT2D eigenvalue weighted by Gasteiger charge is -2.07. The Labute approximate surface area is 92.2 Å². The quantitative estimate of drug-likeness (QED) is 0.600. The average molecular weight is 227 g/mol. The highest BCUT2D eigenvalue weighted by atomic mass is 19.1. The molecule has 0 saturated heterocycles. The number of anilines is 3. The van der Waals surface area contributed by atoms with Crippen molar-refractivity contribution in [2.75, 3.05) is 16.8 Å². The zero-order chi connectivity index (χ0) is 12.1. The van der Waals surface area contributed by atoms with E-state index >= 15 is 0 Å². The van der Waals surface area contributed by atoms with Crippen LogP contribution < -0.4 is 16.8 Å². The molecule has 1 atom stereocenters. The maximum Gasteiger partial charge on any atom is 0.158 e. The van der Waals surface area contributed by atoms with Gasteiger partial charge in [0.1, 0.15) is 23.9 Å². The van der Waals surface area contributed by atoms with Crippen molar-refractivity contribution in [3.05, 3.63) is 18.4 Å². The smallest absolute Gasteiger partial charge is 0.158 e. The monoisotopic (exact) mass is 227 g/mol. The van der Waals surface area contributed by atoms with E-state index in [0.29, 0.717) is 0 Å². The van der Waals surface area contributed by atoms with Gasteiger partial charge in [-0.3, -0.25) is 0 Å². The third-order valence-electron chi connectivity index (χ3n) is 1.97. The van der Waals surface area contributed by atoms with Gasteiger partial charge in [0.2, 0.25) is 0 Å². The second-order valence-corrected chi connectivity index (χ2v) is 3.12. The second-order valence-electron chi connectivity index (χ2n) is 3.12. The minimum absolute atomic E-state index is 0.113. The molecule has 6 nitrogen and oxygen atoms in total. The molecule has 0 aliphatic heterocycles. The number of hydrogen-bond acceptors (Lipinski definition) is 6. The SMILES string of the molecule is CCC(O)/C(F)=C\Nc1ncnc(N)c1N. The van der Waals surface area contributed by atoms with Crippen molar-refractivity contribution in [1.82, 2.24) is 9.97 Å². The Morgan fingerprint density at radius 1 is 1.62 bits per heavy atom. The lowest BCUT2D eigenvalue weighted by molar-refractivity contribution is 0.178. The molecule has 1 heterocycles. The number of rotatable bonds is 4. The molecule has 0 aliphatic rings. The molecule has 0 bridgehead atoms. The number of nitrogens with one attached hydrogen (secondary N) is 1. The standard InChI is InChI=1S/C9H14FN5O/c1-2-6(16)5(10)3-13-9-7(11)8(12)14-4-15-9/h3-4,6,16H,2,11H2,1H3,(H3,12,13,14,15)/b5-3+. The molecule has 0 radical (unpaired) electrons. The Morgan fingerprint density at radius 2 is 2.31 bits per heavy atom. The number of nitrogens with zero attached hydrogens (tertiary/aromatic N) is 2. The van der Waals surface area contributed by atoms with Gasteiger partial charge in [0.05, 0.1) is 0 Å². The van der Waals surface area contributed by atoms with Crippen molar-refractivity contribution in [1.29, 1.82) is 0 Å². The van der Waals surface area contributed by atoms with Crippen LogP contribution in [0.15, 0.2) is 18.4 Å². The van der Waals surface area contributed by atoms with Crippen LogP contribution >= 0.6 is 0 Å². The minimum atomic E-state index is -1.13. The molecule has 88 valence electrons. The summed E-state index contributed by atoms with van der Waals surface area (Å²) in [5.41, 5.74) is 11.1. The first kappa shape index (κ1) is 12.2. The van der Waals surface area contributed by atoms with E-state index in [1.165, 1.54) is 6.33 Å². The Bertz CT molecular complexity index is 395. The van der Waals surface area contributed by atoms with Gasteiger partial charge < -0.3 is 21.9 Å². The highest BCUT2D eigenvalue weighted by Crippen LogP contribution is 2.19. The van der Waals surface area contributed by atoms with Gasteiger partial charge in [-0.15, -0.1) is 0 Å². The van der Waals surface area contributed by atoms with Crippen molar-refractivity contribution >= 4 is 17.3 Å².